The van der Waals surface area contributed by atoms with E-state index in [4.69, 9.17) is 5.73 Å². The van der Waals surface area contributed by atoms with Gasteiger partial charge in [-0.3, -0.25) is 19.3 Å². The van der Waals surface area contributed by atoms with Crippen LogP contribution in [0.25, 0.3) is 0 Å². The van der Waals surface area contributed by atoms with Crippen LogP contribution in [0, 0.1) is 17.7 Å². The van der Waals surface area contributed by atoms with Gasteiger partial charge in [0.1, 0.15) is 28.7 Å². The number of aromatic hydroxyl groups is 1. The number of fused-ring (bicyclic) bond motifs is 3. The number of allylic oxidation sites excluding steroid dienone is 1. The van der Waals surface area contributed by atoms with Gasteiger partial charge in [-0.2, -0.15) is 0 Å². The first kappa shape index (κ1) is 29.9. The van der Waals surface area contributed by atoms with Crippen molar-refractivity contribution >= 4 is 33.2 Å². The quantitative estimate of drug-likeness (QED) is 0.180. The van der Waals surface area contributed by atoms with Crippen molar-refractivity contribution in [2.45, 2.75) is 37.3 Å². The van der Waals surface area contributed by atoms with Crippen LogP contribution in [-0.4, -0.2) is 107 Å². The van der Waals surface area contributed by atoms with E-state index in [0.29, 0.717) is 13.1 Å². The lowest BCUT2D eigenvalue weighted by Gasteiger charge is -2.50. The molecule has 4 atom stereocenters. The number of aliphatic hydroxyl groups excluding tert-OH is 2. The van der Waals surface area contributed by atoms with Gasteiger partial charge >= 0.3 is 0 Å². The summed E-state index contributed by atoms with van der Waals surface area (Å²) in [5, 5.41) is 47.4. The number of phenols is 1. The number of Topliss-reactive ketones (excluding diaryl/α,β-unsaturated/α-hetero) is 2. The number of nitrogens with one attached hydrogen (secondary N) is 1. The predicted octanol–water partition coefficient (Wildman–Crippen LogP) is 0.0972. The molecular weight excluding hydrogens is 575 g/mol. The molecule has 228 valence electrons. The highest BCUT2D eigenvalue weighted by Crippen LogP contribution is 2.53. The number of nitrogens with two attached hydrogens (primary N) is 1. The third-order valence-electron chi connectivity index (χ3n) is 8.80. The molecule has 1 saturated heterocycles. The van der Waals surface area contributed by atoms with E-state index in [9.17, 15) is 43.2 Å². The minimum Gasteiger partial charge on any atom is -0.510 e. The maximum absolute atomic E-state index is 15.4. The Bertz CT molecular complexity index is 1570. The molecule has 15 heteroatoms. The molecule has 0 spiro atoms. The molecule has 1 aliphatic heterocycles. The van der Waals surface area contributed by atoms with Crippen LogP contribution < -0.4 is 11.1 Å². The molecule has 0 saturated carbocycles. The number of anilines is 1. The van der Waals surface area contributed by atoms with Gasteiger partial charge in [-0.05, 0) is 45.7 Å². The Morgan fingerprint density at radius 3 is 2.45 bits per heavy atom. The molecule has 5 rings (SSSR count). The summed E-state index contributed by atoms with van der Waals surface area (Å²) in [6.45, 7) is 0.635. The maximum atomic E-state index is 15.4. The Morgan fingerprint density at radius 2 is 1.86 bits per heavy atom. The molecule has 3 aliphatic carbocycles. The second-order valence-electron chi connectivity index (χ2n) is 11.4. The van der Waals surface area contributed by atoms with Gasteiger partial charge in [-0.25, -0.2) is 17.1 Å². The Kier molecular flexibility index (Phi) is 7.36. The van der Waals surface area contributed by atoms with E-state index in [2.05, 4.69) is 5.32 Å². The molecule has 42 heavy (non-hydrogen) atoms. The van der Waals surface area contributed by atoms with Crippen molar-refractivity contribution in [3.8, 4) is 5.75 Å². The summed E-state index contributed by atoms with van der Waals surface area (Å²) in [6, 6.07) is -0.199. The lowest BCUT2D eigenvalue weighted by atomic mass is 9.58. The zero-order valence-electron chi connectivity index (χ0n) is 23.1. The van der Waals surface area contributed by atoms with Crippen molar-refractivity contribution in [2.75, 3.05) is 44.8 Å². The van der Waals surface area contributed by atoms with Crippen molar-refractivity contribution in [3.05, 3.63) is 45.7 Å². The summed E-state index contributed by atoms with van der Waals surface area (Å²) in [4.78, 5) is 40.6. The van der Waals surface area contributed by atoms with Gasteiger partial charge < -0.3 is 31.5 Å². The van der Waals surface area contributed by atoms with Crippen molar-refractivity contribution in [1.82, 2.24) is 9.21 Å². The Labute approximate surface area is 241 Å². The average Bonchev–Trinajstić information content (AvgIpc) is 3.45. The second-order valence-corrected chi connectivity index (χ2v) is 13.5. The first-order valence-corrected chi connectivity index (χ1v) is 15.1. The van der Waals surface area contributed by atoms with Gasteiger partial charge in [0.25, 0.3) is 5.91 Å². The first-order chi connectivity index (χ1) is 19.6. The van der Waals surface area contributed by atoms with Crippen LogP contribution in [0.5, 0.6) is 5.75 Å². The normalized spacial score (nSPS) is 28.2. The monoisotopic (exact) mass is 608 g/mol. The fourth-order valence-electron chi connectivity index (χ4n) is 6.82. The third-order valence-corrected chi connectivity index (χ3v) is 10.7. The van der Waals surface area contributed by atoms with Gasteiger partial charge in [0, 0.05) is 42.8 Å². The smallest absolute Gasteiger partial charge is 0.255 e. The van der Waals surface area contributed by atoms with E-state index in [1.54, 1.807) is 0 Å². The molecular formula is C27H33FN4O9S. The maximum Gasteiger partial charge on any atom is 0.255 e. The fourth-order valence-corrected chi connectivity index (χ4v) is 8.25. The van der Waals surface area contributed by atoms with E-state index in [-0.39, 0.29) is 36.4 Å². The van der Waals surface area contributed by atoms with Gasteiger partial charge in [0.05, 0.1) is 23.0 Å². The Hall–Kier alpha value is -3.53. The third kappa shape index (κ3) is 4.37. The number of primary amides is 1. The van der Waals surface area contributed by atoms with Crippen LogP contribution in [0.3, 0.4) is 0 Å². The van der Waals surface area contributed by atoms with Gasteiger partial charge in [-0.1, -0.05) is 0 Å². The number of amides is 1. The van der Waals surface area contributed by atoms with Crippen molar-refractivity contribution in [1.29, 1.82) is 0 Å². The van der Waals surface area contributed by atoms with Crippen LogP contribution in [0.2, 0.25) is 0 Å². The standard InChI is InChI=1S/C27H33FN4O9S/c1-31(2)20-14-10-12-9-13-15(28)11-16(30-5-8-42(40,41)32-6-3-4-7-32)21(33)18(13)22(34)17(12)24(36)27(14,39)25(37)19(23(20)35)26(29)38/h11-12,14,20,30,33,35-36,39H,3-10H2,1-2H3,(H2,29,38)/t12-,14-,20-,27-/m0/s1. The second kappa shape index (κ2) is 10.3. The minimum absolute atomic E-state index is 0.152. The molecule has 1 fully saturated rings. The number of halogens is 1. The summed E-state index contributed by atoms with van der Waals surface area (Å²) in [5.41, 5.74) is 0.278. The van der Waals surface area contributed by atoms with E-state index in [1.807, 2.05) is 0 Å². The molecule has 0 aromatic heterocycles. The number of likely N-dealkylation sites (N-methyl/N-ethyl adjacent to an activating group) is 1. The molecule has 0 unspecified atom stereocenters. The average molecular weight is 609 g/mol. The molecule has 0 bridgehead atoms. The fraction of sp³-hybridized carbons (Fsp3) is 0.519. The summed E-state index contributed by atoms with van der Waals surface area (Å²) in [6.07, 6.45) is 1.15. The number of hydrogen-bond acceptors (Lipinski definition) is 11. The number of aliphatic hydroxyl groups is 3. The molecule has 13 nitrogen and oxygen atoms in total. The topological polar surface area (TPSA) is 211 Å². The Balaban J connectivity index is 1.53. The zero-order chi connectivity index (χ0) is 30.9. The molecule has 0 radical (unpaired) electrons. The van der Waals surface area contributed by atoms with E-state index >= 15 is 4.39 Å². The zero-order valence-corrected chi connectivity index (χ0v) is 23.9. The summed E-state index contributed by atoms with van der Waals surface area (Å²) in [7, 11) is -0.563. The van der Waals surface area contributed by atoms with Crippen molar-refractivity contribution in [2.24, 2.45) is 17.6 Å². The molecule has 1 aromatic carbocycles. The lowest BCUT2D eigenvalue weighted by Crippen LogP contribution is -2.63. The summed E-state index contributed by atoms with van der Waals surface area (Å²) < 4.78 is 41.8. The first-order valence-electron chi connectivity index (χ1n) is 13.5. The number of ketones is 2. The predicted molar refractivity (Wildman–Crippen MR) is 147 cm³/mol. The number of sulfonamides is 1. The lowest BCUT2D eigenvalue weighted by molar-refractivity contribution is -0.148. The molecule has 1 aromatic rings. The number of nitrogens with zero attached hydrogens (tertiary/aromatic N) is 2. The number of carbonyl (C=O) groups excluding carboxylic acids is 3. The van der Waals surface area contributed by atoms with Crippen LogP contribution in [0.15, 0.2) is 28.7 Å². The van der Waals surface area contributed by atoms with Crippen LogP contribution in [-0.2, 0) is 26.0 Å². The van der Waals surface area contributed by atoms with E-state index in [0.717, 1.165) is 18.9 Å². The highest BCUT2D eigenvalue weighted by atomic mass is 32.2. The molecule has 1 amide bonds. The van der Waals surface area contributed by atoms with Crippen LogP contribution in [0.1, 0.15) is 35.2 Å². The molecule has 7 N–H and O–H groups in total. The highest BCUT2D eigenvalue weighted by molar-refractivity contribution is 7.89. The van der Waals surface area contributed by atoms with Crippen molar-refractivity contribution < 1.29 is 47.6 Å². The molecule has 4 aliphatic rings. The Morgan fingerprint density at radius 1 is 1.21 bits per heavy atom. The number of benzene rings is 1. The SMILES string of the molecule is CN(C)[C@@H]1C(O)=C(C(N)=O)C(=O)[C@@]2(O)C(O)=C3C(=O)c4c(O)c(NCCS(=O)(=O)N5CCCC5)cc(F)c4C[C@H]3C[C@@H]12. The van der Waals surface area contributed by atoms with E-state index < -0.39 is 90.8 Å². The van der Waals surface area contributed by atoms with Crippen molar-refractivity contribution in [3.63, 3.8) is 0 Å². The molecule has 1 heterocycles. The van der Waals surface area contributed by atoms with E-state index in [1.165, 1.54) is 23.3 Å². The van der Waals surface area contributed by atoms with Gasteiger partial charge in [0.2, 0.25) is 15.8 Å². The van der Waals surface area contributed by atoms with Crippen LogP contribution in [0.4, 0.5) is 10.1 Å². The van der Waals surface area contributed by atoms with Crippen LogP contribution >= 0.6 is 0 Å². The van der Waals surface area contributed by atoms with Gasteiger partial charge in [0.15, 0.2) is 11.4 Å². The van der Waals surface area contributed by atoms with Gasteiger partial charge in [-0.15, -0.1) is 0 Å². The largest absolute Gasteiger partial charge is 0.510 e. The number of hydrogen-bond donors (Lipinski definition) is 6. The minimum atomic E-state index is -3.58. The number of rotatable bonds is 7. The summed E-state index contributed by atoms with van der Waals surface area (Å²) >= 11 is 0. The number of phenolic OH excluding ortho intramolecular Hbond substituents is 1. The summed E-state index contributed by atoms with van der Waals surface area (Å²) in [5.74, 6) is -9.50. The highest BCUT2D eigenvalue weighted by Gasteiger charge is 2.63. The number of carbonyl (C=O) groups is 3.